The summed E-state index contributed by atoms with van der Waals surface area (Å²) in [6.45, 7) is 0. The number of rotatable bonds is 6. The SMILES string of the molecule is O=C(Nc1ccc(-c2csc(Nc3cccnc3)n2)cc1)c1cc(-c2ccco2)on1. The maximum Gasteiger partial charge on any atom is 0.277 e. The molecule has 152 valence electrons. The van der Waals surface area contributed by atoms with Gasteiger partial charge in [-0.15, -0.1) is 11.3 Å². The van der Waals surface area contributed by atoms with Gasteiger partial charge in [0, 0.05) is 28.9 Å². The highest BCUT2D eigenvalue weighted by atomic mass is 32.1. The molecule has 5 rings (SSSR count). The van der Waals surface area contributed by atoms with Crippen LogP contribution < -0.4 is 10.6 Å². The molecule has 0 bridgehead atoms. The highest BCUT2D eigenvalue weighted by Crippen LogP contribution is 2.28. The third-order valence-corrected chi connectivity index (χ3v) is 5.12. The number of benzene rings is 1. The summed E-state index contributed by atoms with van der Waals surface area (Å²) >= 11 is 1.51. The number of aromatic nitrogens is 3. The van der Waals surface area contributed by atoms with E-state index in [1.807, 2.05) is 41.8 Å². The van der Waals surface area contributed by atoms with Crippen molar-refractivity contribution in [2.24, 2.45) is 0 Å². The van der Waals surface area contributed by atoms with Crippen LogP contribution in [0, 0.1) is 0 Å². The van der Waals surface area contributed by atoms with E-state index in [2.05, 4.69) is 25.8 Å². The van der Waals surface area contributed by atoms with Crippen LogP contribution in [0.1, 0.15) is 10.5 Å². The van der Waals surface area contributed by atoms with E-state index in [0.29, 0.717) is 17.2 Å². The molecule has 1 aromatic carbocycles. The predicted molar refractivity (Wildman–Crippen MR) is 117 cm³/mol. The maximum atomic E-state index is 12.4. The van der Waals surface area contributed by atoms with Gasteiger partial charge in [0.25, 0.3) is 5.91 Å². The third-order valence-electron chi connectivity index (χ3n) is 4.36. The molecular formula is C22H15N5O3S. The summed E-state index contributed by atoms with van der Waals surface area (Å²) in [6, 6.07) is 16.2. The van der Waals surface area contributed by atoms with E-state index in [9.17, 15) is 4.79 Å². The zero-order chi connectivity index (χ0) is 21.0. The third kappa shape index (κ3) is 4.21. The van der Waals surface area contributed by atoms with Crippen LogP contribution in [0.4, 0.5) is 16.5 Å². The number of hydrogen-bond donors (Lipinski definition) is 2. The number of thiazole rings is 1. The molecule has 4 aromatic heterocycles. The van der Waals surface area contributed by atoms with Crippen molar-refractivity contribution in [2.75, 3.05) is 10.6 Å². The molecule has 2 N–H and O–H groups in total. The Balaban J connectivity index is 1.25. The highest BCUT2D eigenvalue weighted by Gasteiger charge is 2.15. The molecular weight excluding hydrogens is 414 g/mol. The number of pyridine rings is 1. The van der Waals surface area contributed by atoms with Crippen LogP contribution in [-0.2, 0) is 0 Å². The van der Waals surface area contributed by atoms with Gasteiger partial charge < -0.3 is 19.6 Å². The number of carbonyl (C=O) groups excluding carboxylic acids is 1. The number of nitrogens with one attached hydrogen (secondary N) is 2. The first-order valence-corrected chi connectivity index (χ1v) is 10.2. The Bertz CT molecular complexity index is 1290. The first-order valence-electron chi connectivity index (χ1n) is 9.29. The van der Waals surface area contributed by atoms with Crippen molar-refractivity contribution in [3.63, 3.8) is 0 Å². The van der Waals surface area contributed by atoms with Gasteiger partial charge >= 0.3 is 0 Å². The Morgan fingerprint density at radius 2 is 1.90 bits per heavy atom. The summed E-state index contributed by atoms with van der Waals surface area (Å²) in [7, 11) is 0. The van der Waals surface area contributed by atoms with E-state index >= 15 is 0 Å². The molecule has 31 heavy (non-hydrogen) atoms. The standard InChI is InChI=1S/C22H15N5O3S/c28-21(17-11-20(30-27-17)19-4-2-10-29-19)24-15-7-5-14(6-8-15)18-13-31-22(26-18)25-16-3-1-9-23-12-16/h1-13H,(H,24,28)(H,25,26). The van der Waals surface area contributed by atoms with Crippen molar-refractivity contribution in [3.05, 3.63) is 84.3 Å². The number of amides is 1. The molecule has 0 saturated carbocycles. The Kier molecular flexibility index (Phi) is 4.99. The molecule has 0 unspecified atom stereocenters. The van der Waals surface area contributed by atoms with Crippen molar-refractivity contribution in [1.29, 1.82) is 0 Å². The molecule has 0 atom stereocenters. The molecule has 8 nitrogen and oxygen atoms in total. The Labute approximate surface area is 180 Å². The minimum Gasteiger partial charge on any atom is -0.461 e. The monoisotopic (exact) mass is 429 g/mol. The molecule has 0 aliphatic carbocycles. The van der Waals surface area contributed by atoms with Crippen LogP contribution in [0.25, 0.3) is 22.8 Å². The van der Waals surface area contributed by atoms with Crippen molar-refractivity contribution in [1.82, 2.24) is 15.1 Å². The van der Waals surface area contributed by atoms with Gasteiger partial charge in [-0.05, 0) is 36.4 Å². The van der Waals surface area contributed by atoms with E-state index < -0.39 is 0 Å². The van der Waals surface area contributed by atoms with Crippen molar-refractivity contribution < 1.29 is 13.7 Å². The molecule has 4 heterocycles. The lowest BCUT2D eigenvalue weighted by atomic mass is 10.1. The Morgan fingerprint density at radius 1 is 1.00 bits per heavy atom. The van der Waals surface area contributed by atoms with Gasteiger partial charge in [-0.25, -0.2) is 4.98 Å². The molecule has 0 saturated heterocycles. The summed E-state index contributed by atoms with van der Waals surface area (Å²) in [5, 5.41) is 12.6. The smallest absolute Gasteiger partial charge is 0.277 e. The summed E-state index contributed by atoms with van der Waals surface area (Å²) in [5.74, 6) is 0.534. The first kappa shape index (κ1) is 18.8. The second-order valence-electron chi connectivity index (χ2n) is 6.49. The fraction of sp³-hybridized carbons (Fsp3) is 0. The lowest BCUT2D eigenvalue weighted by Crippen LogP contribution is -2.11. The molecule has 9 heteroatoms. The Hall–Kier alpha value is -4.24. The number of carbonyl (C=O) groups is 1. The van der Waals surface area contributed by atoms with E-state index in [0.717, 1.165) is 22.1 Å². The average molecular weight is 429 g/mol. The first-order chi connectivity index (χ1) is 15.2. The molecule has 0 aliphatic rings. The molecule has 0 radical (unpaired) electrons. The quantitative estimate of drug-likeness (QED) is 0.370. The van der Waals surface area contributed by atoms with Gasteiger partial charge in [-0.3, -0.25) is 9.78 Å². The van der Waals surface area contributed by atoms with Gasteiger partial charge in [-0.1, -0.05) is 17.3 Å². The van der Waals surface area contributed by atoms with Gasteiger partial charge in [0.1, 0.15) is 0 Å². The van der Waals surface area contributed by atoms with Gasteiger partial charge in [0.15, 0.2) is 16.6 Å². The summed E-state index contributed by atoms with van der Waals surface area (Å²) < 4.78 is 10.4. The molecule has 5 aromatic rings. The summed E-state index contributed by atoms with van der Waals surface area (Å²) in [4.78, 5) is 21.1. The van der Waals surface area contributed by atoms with Crippen molar-refractivity contribution in [2.45, 2.75) is 0 Å². The molecule has 0 aliphatic heterocycles. The number of anilines is 3. The number of nitrogens with zero attached hydrogens (tertiary/aromatic N) is 3. The largest absolute Gasteiger partial charge is 0.461 e. The van der Waals surface area contributed by atoms with Gasteiger partial charge in [0.05, 0.1) is 23.8 Å². The van der Waals surface area contributed by atoms with Crippen molar-refractivity contribution in [3.8, 4) is 22.8 Å². The maximum absolute atomic E-state index is 12.4. The zero-order valence-electron chi connectivity index (χ0n) is 16.0. The van der Waals surface area contributed by atoms with E-state index in [-0.39, 0.29) is 11.6 Å². The van der Waals surface area contributed by atoms with Crippen LogP contribution in [0.3, 0.4) is 0 Å². The van der Waals surface area contributed by atoms with Crippen LogP contribution in [0.15, 0.2) is 87.6 Å². The second-order valence-corrected chi connectivity index (χ2v) is 7.35. The lowest BCUT2D eigenvalue weighted by Gasteiger charge is -2.04. The van der Waals surface area contributed by atoms with Crippen LogP contribution in [-0.4, -0.2) is 21.0 Å². The van der Waals surface area contributed by atoms with Gasteiger partial charge in [0.2, 0.25) is 5.76 Å². The van der Waals surface area contributed by atoms with Crippen LogP contribution in [0.5, 0.6) is 0 Å². The minimum atomic E-state index is -0.370. The highest BCUT2D eigenvalue weighted by molar-refractivity contribution is 7.14. The van der Waals surface area contributed by atoms with E-state index in [4.69, 9.17) is 8.94 Å². The molecule has 0 spiro atoms. The predicted octanol–water partition coefficient (Wildman–Crippen LogP) is 5.45. The Morgan fingerprint density at radius 3 is 2.68 bits per heavy atom. The van der Waals surface area contributed by atoms with E-state index in [1.54, 1.807) is 24.5 Å². The van der Waals surface area contributed by atoms with Crippen molar-refractivity contribution >= 4 is 33.8 Å². The average Bonchev–Trinajstić information content (AvgIpc) is 3.56. The topological polar surface area (TPSA) is 106 Å². The fourth-order valence-electron chi connectivity index (χ4n) is 2.86. The zero-order valence-corrected chi connectivity index (χ0v) is 16.8. The normalized spacial score (nSPS) is 10.7. The molecule has 0 fully saturated rings. The summed E-state index contributed by atoms with van der Waals surface area (Å²) in [5.41, 5.74) is 3.47. The van der Waals surface area contributed by atoms with Crippen LogP contribution >= 0.6 is 11.3 Å². The van der Waals surface area contributed by atoms with Crippen LogP contribution in [0.2, 0.25) is 0 Å². The number of furan rings is 1. The van der Waals surface area contributed by atoms with Gasteiger partial charge in [-0.2, -0.15) is 0 Å². The number of hydrogen-bond acceptors (Lipinski definition) is 8. The van der Waals surface area contributed by atoms with E-state index in [1.165, 1.54) is 23.7 Å². The second kappa shape index (κ2) is 8.25. The summed E-state index contributed by atoms with van der Waals surface area (Å²) in [6.07, 6.45) is 4.99. The fourth-order valence-corrected chi connectivity index (χ4v) is 3.60. The molecule has 1 amide bonds. The minimum absolute atomic E-state index is 0.168. The lowest BCUT2D eigenvalue weighted by molar-refractivity contribution is 0.101.